The van der Waals surface area contributed by atoms with E-state index in [1.165, 1.54) is 0 Å². The first-order chi connectivity index (χ1) is 10.2. The smallest absolute Gasteiger partial charge is 0.246 e. The van der Waals surface area contributed by atoms with E-state index in [9.17, 15) is 4.79 Å². The molecule has 0 aromatic heterocycles. The van der Waals surface area contributed by atoms with E-state index < -0.39 is 0 Å². The zero-order valence-electron chi connectivity index (χ0n) is 12.8. The number of piperidine rings is 1. The van der Waals surface area contributed by atoms with Gasteiger partial charge in [-0.1, -0.05) is 19.1 Å². The molecule has 1 aromatic carbocycles. The molecule has 0 aliphatic carbocycles. The van der Waals surface area contributed by atoms with Gasteiger partial charge in [0.25, 0.3) is 0 Å². The number of methoxy groups -OCH3 is 1. The van der Waals surface area contributed by atoms with E-state index in [0.29, 0.717) is 12.5 Å². The van der Waals surface area contributed by atoms with Crippen LogP contribution in [0.5, 0.6) is 5.75 Å². The highest BCUT2D eigenvalue weighted by Crippen LogP contribution is 2.23. The van der Waals surface area contributed by atoms with Crippen LogP contribution in [0, 0.1) is 5.92 Å². The minimum Gasteiger partial charge on any atom is -0.497 e. The second kappa shape index (κ2) is 7.27. The molecule has 1 saturated heterocycles. The molecule has 0 saturated carbocycles. The molecule has 1 amide bonds. The van der Waals surface area contributed by atoms with Crippen LogP contribution in [0.4, 0.5) is 0 Å². The molecular weight excluding hydrogens is 264 g/mol. The Hall–Kier alpha value is -1.81. The Kier molecular flexibility index (Phi) is 5.39. The normalized spacial score (nSPS) is 22.5. The summed E-state index contributed by atoms with van der Waals surface area (Å²) in [6.45, 7) is 3.51. The van der Waals surface area contributed by atoms with E-state index in [2.05, 4.69) is 6.92 Å². The lowest BCUT2D eigenvalue weighted by atomic mass is 9.90. The van der Waals surface area contributed by atoms with Gasteiger partial charge in [-0.2, -0.15) is 0 Å². The molecule has 1 fully saturated rings. The van der Waals surface area contributed by atoms with Crippen molar-refractivity contribution >= 4 is 12.0 Å². The average molecular weight is 288 g/mol. The fraction of sp³-hybridized carbons (Fsp3) is 0.471. The number of rotatable bonds is 4. The summed E-state index contributed by atoms with van der Waals surface area (Å²) in [5.74, 6) is 1.33. The Bertz CT molecular complexity index is 496. The zero-order chi connectivity index (χ0) is 15.2. The summed E-state index contributed by atoms with van der Waals surface area (Å²) >= 11 is 0. The summed E-state index contributed by atoms with van der Waals surface area (Å²) in [5.41, 5.74) is 6.81. The van der Waals surface area contributed by atoms with Crippen LogP contribution in [-0.2, 0) is 4.79 Å². The van der Waals surface area contributed by atoms with Gasteiger partial charge in [-0.25, -0.2) is 0 Å². The summed E-state index contributed by atoms with van der Waals surface area (Å²) in [6, 6.07) is 7.79. The third-order valence-corrected chi connectivity index (χ3v) is 4.17. The first-order valence-electron chi connectivity index (χ1n) is 7.48. The van der Waals surface area contributed by atoms with Gasteiger partial charge >= 0.3 is 0 Å². The number of nitrogens with two attached hydrogens (primary N) is 1. The van der Waals surface area contributed by atoms with Crippen LogP contribution in [0.3, 0.4) is 0 Å². The number of hydrogen-bond acceptors (Lipinski definition) is 3. The van der Waals surface area contributed by atoms with Crippen molar-refractivity contribution in [2.45, 2.75) is 25.8 Å². The largest absolute Gasteiger partial charge is 0.497 e. The second-order valence-electron chi connectivity index (χ2n) is 5.56. The fourth-order valence-corrected chi connectivity index (χ4v) is 2.86. The predicted molar refractivity (Wildman–Crippen MR) is 85.0 cm³/mol. The maximum absolute atomic E-state index is 12.4. The van der Waals surface area contributed by atoms with Crippen molar-refractivity contribution < 1.29 is 9.53 Å². The van der Waals surface area contributed by atoms with Crippen LogP contribution in [0.25, 0.3) is 6.08 Å². The van der Waals surface area contributed by atoms with Crippen LogP contribution >= 0.6 is 0 Å². The molecule has 0 radical (unpaired) electrons. The zero-order valence-corrected chi connectivity index (χ0v) is 12.8. The molecular formula is C17H24N2O2. The summed E-state index contributed by atoms with van der Waals surface area (Å²) in [4.78, 5) is 14.3. The third kappa shape index (κ3) is 3.85. The Morgan fingerprint density at radius 3 is 2.76 bits per heavy atom. The van der Waals surface area contributed by atoms with E-state index in [-0.39, 0.29) is 11.9 Å². The minimum atomic E-state index is 0.0489. The number of carbonyl (C=O) groups is 1. The maximum atomic E-state index is 12.4. The van der Waals surface area contributed by atoms with Crippen LogP contribution in [0.2, 0.25) is 0 Å². The summed E-state index contributed by atoms with van der Waals surface area (Å²) < 4.78 is 5.12. The lowest BCUT2D eigenvalue weighted by Crippen LogP contribution is -2.50. The molecule has 114 valence electrons. The quantitative estimate of drug-likeness (QED) is 0.865. The monoisotopic (exact) mass is 288 g/mol. The van der Waals surface area contributed by atoms with Gasteiger partial charge in [0.2, 0.25) is 5.91 Å². The molecule has 2 N–H and O–H groups in total. The van der Waals surface area contributed by atoms with Crippen LogP contribution in [-0.4, -0.2) is 37.0 Å². The van der Waals surface area contributed by atoms with Crippen molar-refractivity contribution in [3.05, 3.63) is 35.9 Å². The number of nitrogens with zero attached hydrogens (tertiary/aromatic N) is 1. The molecule has 1 aliphatic heterocycles. The molecule has 0 spiro atoms. The summed E-state index contributed by atoms with van der Waals surface area (Å²) in [6.07, 6.45) is 5.69. The van der Waals surface area contributed by atoms with Crippen molar-refractivity contribution in [3.63, 3.8) is 0 Å². The molecule has 2 rings (SSSR count). The molecule has 1 heterocycles. The first-order valence-corrected chi connectivity index (χ1v) is 7.48. The average Bonchev–Trinajstić information content (AvgIpc) is 2.52. The highest BCUT2D eigenvalue weighted by atomic mass is 16.5. The number of ether oxygens (including phenoxy) is 1. The van der Waals surface area contributed by atoms with E-state index in [4.69, 9.17) is 10.5 Å². The maximum Gasteiger partial charge on any atom is 0.246 e. The predicted octanol–water partition coefficient (Wildman–Crippen LogP) is 2.29. The van der Waals surface area contributed by atoms with Gasteiger partial charge in [0.05, 0.1) is 7.11 Å². The van der Waals surface area contributed by atoms with Crippen LogP contribution in [0.15, 0.2) is 30.3 Å². The molecule has 4 heteroatoms. The van der Waals surface area contributed by atoms with Crippen molar-refractivity contribution in [1.29, 1.82) is 0 Å². The fourth-order valence-electron chi connectivity index (χ4n) is 2.86. The van der Waals surface area contributed by atoms with E-state index in [1.54, 1.807) is 13.2 Å². The van der Waals surface area contributed by atoms with Crippen molar-refractivity contribution in [1.82, 2.24) is 4.90 Å². The molecule has 1 aliphatic rings. The molecule has 0 bridgehead atoms. The Labute approximate surface area is 126 Å². The van der Waals surface area contributed by atoms with E-state index in [0.717, 1.165) is 30.7 Å². The topological polar surface area (TPSA) is 55.6 Å². The van der Waals surface area contributed by atoms with Crippen molar-refractivity contribution in [3.8, 4) is 5.75 Å². The SMILES string of the molecule is COc1ccc(C=CC(=O)N2CCCC(C)C2CN)cc1. The third-order valence-electron chi connectivity index (χ3n) is 4.17. The Morgan fingerprint density at radius 1 is 1.43 bits per heavy atom. The van der Waals surface area contributed by atoms with Gasteiger partial charge in [-0.3, -0.25) is 4.79 Å². The van der Waals surface area contributed by atoms with Crippen molar-refractivity contribution in [2.75, 3.05) is 20.2 Å². The number of benzene rings is 1. The first kappa shape index (κ1) is 15.6. The van der Waals surface area contributed by atoms with Gasteiger partial charge < -0.3 is 15.4 Å². The molecule has 2 atom stereocenters. The van der Waals surface area contributed by atoms with Crippen molar-refractivity contribution in [2.24, 2.45) is 11.7 Å². The molecule has 2 unspecified atom stereocenters. The number of likely N-dealkylation sites (tertiary alicyclic amines) is 1. The summed E-state index contributed by atoms with van der Waals surface area (Å²) in [5, 5.41) is 0. The van der Waals surface area contributed by atoms with E-state index >= 15 is 0 Å². The van der Waals surface area contributed by atoms with Gasteiger partial charge in [-0.15, -0.1) is 0 Å². The standard InChI is InChI=1S/C17H24N2O2/c1-13-4-3-11-19(16(13)12-18)17(20)10-7-14-5-8-15(21-2)9-6-14/h5-10,13,16H,3-4,11-12,18H2,1-2H3. The van der Waals surface area contributed by atoms with Gasteiger partial charge in [0, 0.05) is 25.2 Å². The van der Waals surface area contributed by atoms with Crippen LogP contribution < -0.4 is 10.5 Å². The highest BCUT2D eigenvalue weighted by Gasteiger charge is 2.29. The summed E-state index contributed by atoms with van der Waals surface area (Å²) in [7, 11) is 1.64. The highest BCUT2D eigenvalue weighted by molar-refractivity contribution is 5.92. The Morgan fingerprint density at radius 2 is 2.14 bits per heavy atom. The van der Waals surface area contributed by atoms with Crippen LogP contribution in [0.1, 0.15) is 25.3 Å². The van der Waals surface area contributed by atoms with Gasteiger partial charge in [0.15, 0.2) is 0 Å². The van der Waals surface area contributed by atoms with Gasteiger partial charge in [0.1, 0.15) is 5.75 Å². The minimum absolute atomic E-state index is 0.0489. The molecule has 21 heavy (non-hydrogen) atoms. The van der Waals surface area contributed by atoms with E-state index in [1.807, 2.05) is 35.2 Å². The number of carbonyl (C=O) groups excluding carboxylic acids is 1. The number of hydrogen-bond donors (Lipinski definition) is 1. The molecule has 1 aromatic rings. The lowest BCUT2D eigenvalue weighted by molar-refractivity contribution is -0.130. The van der Waals surface area contributed by atoms with Gasteiger partial charge in [-0.05, 0) is 42.5 Å². The Balaban J connectivity index is 2.03. The molecule has 4 nitrogen and oxygen atoms in total. The second-order valence-corrected chi connectivity index (χ2v) is 5.56. The number of amides is 1. The lowest BCUT2D eigenvalue weighted by Gasteiger charge is -2.38.